The third-order valence-corrected chi connectivity index (χ3v) is 4.94. The molecule has 0 aliphatic carbocycles. The summed E-state index contributed by atoms with van der Waals surface area (Å²) < 4.78 is 1.78. The number of hydrogen-bond donors (Lipinski definition) is 1. The van der Waals surface area contributed by atoms with E-state index in [1.807, 2.05) is 7.05 Å². The van der Waals surface area contributed by atoms with Crippen LogP contribution in [0.5, 0.6) is 0 Å². The largest absolute Gasteiger partial charge is 0.311 e. The summed E-state index contributed by atoms with van der Waals surface area (Å²) in [6, 6.07) is 1.17. The zero-order chi connectivity index (χ0) is 15.6. The van der Waals surface area contributed by atoms with E-state index in [4.69, 9.17) is 11.6 Å². The maximum atomic E-state index is 6.40. The van der Waals surface area contributed by atoms with Gasteiger partial charge in [0, 0.05) is 44.3 Å². The van der Waals surface area contributed by atoms with Gasteiger partial charge in [0.05, 0.1) is 5.69 Å². The molecule has 2 rings (SSSR count). The van der Waals surface area contributed by atoms with E-state index in [9.17, 15) is 0 Å². The molecule has 21 heavy (non-hydrogen) atoms. The number of piperazine rings is 1. The fraction of sp³-hybridized carbons (Fsp3) is 0.812. The topological polar surface area (TPSA) is 33.1 Å². The van der Waals surface area contributed by atoms with Gasteiger partial charge in [0.2, 0.25) is 0 Å². The Hall–Kier alpha value is -0.580. The van der Waals surface area contributed by atoms with Crippen molar-refractivity contribution in [2.45, 2.75) is 59.2 Å². The Bertz CT molecular complexity index is 469. The lowest BCUT2D eigenvalue weighted by Gasteiger charge is -2.40. The maximum absolute atomic E-state index is 6.40. The van der Waals surface area contributed by atoms with E-state index in [2.05, 4.69) is 43.0 Å². The molecular formula is C16H29ClN4. The second-order valence-corrected chi connectivity index (χ2v) is 7.06. The smallest absolute Gasteiger partial charge is 0.131 e. The van der Waals surface area contributed by atoms with Gasteiger partial charge in [-0.3, -0.25) is 9.58 Å². The molecule has 4 nitrogen and oxygen atoms in total. The molecule has 2 atom stereocenters. The highest BCUT2D eigenvalue weighted by atomic mass is 35.5. The van der Waals surface area contributed by atoms with Crippen molar-refractivity contribution in [2.75, 3.05) is 13.1 Å². The van der Waals surface area contributed by atoms with Gasteiger partial charge >= 0.3 is 0 Å². The van der Waals surface area contributed by atoms with Crippen LogP contribution in [-0.4, -0.2) is 39.9 Å². The molecule has 1 aromatic heterocycles. The zero-order valence-corrected chi connectivity index (χ0v) is 14.7. The molecule has 0 saturated carbocycles. The van der Waals surface area contributed by atoms with Crippen LogP contribution < -0.4 is 5.32 Å². The molecule has 2 unspecified atom stereocenters. The van der Waals surface area contributed by atoms with Gasteiger partial charge in [-0.15, -0.1) is 0 Å². The van der Waals surface area contributed by atoms with Crippen LogP contribution >= 0.6 is 11.6 Å². The van der Waals surface area contributed by atoms with Crippen LogP contribution in [0.4, 0.5) is 0 Å². The number of aryl methyl sites for hydroxylation is 2. The first-order valence-corrected chi connectivity index (χ1v) is 8.45. The van der Waals surface area contributed by atoms with Crippen LogP contribution in [-0.2, 0) is 13.6 Å². The van der Waals surface area contributed by atoms with Crippen molar-refractivity contribution in [3.63, 3.8) is 0 Å². The highest BCUT2D eigenvalue weighted by molar-refractivity contribution is 6.30. The van der Waals surface area contributed by atoms with Crippen LogP contribution in [0.15, 0.2) is 0 Å². The van der Waals surface area contributed by atoms with Crippen molar-refractivity contribution >= 4 is 11.6 Å². The third-order valence-electron chi connectivity index (χ3n) is 4.47. The number of rotatable bonds is 5. The molecule has 0 aromatic carbocycles. The van der Waals surface area contributed by atoms with E-state index in [1.54, 1.807) is 4.68 Å². The van der Waals surface area contributed by atoms with Crippen molar-refractivity contribution in [3.8, 4) is 0 Å². The molecule has 1 aromatic rings. The van der Waals surface area contributed by atoms with Gasteiger partial charge in [-0.2, -0.15) is 5.10 Å². The van der Waals surface area contributed by atoms with Gasteiger partial charge in [-0.05, 0) is 25.7 Å². The summed E-state index contributed by atoms with van der Waals surface area (Å²) in [6.07, 6.45) is 2.39. The van der Waals surface area contributed by atoms with Gasteiger partial charge < -0.3 is 5.32 Å². The summed E-state index contributed by atoms with van der Waals surface area (Å²) >= 11 is 6.40. The Morgan fingerprint density at radius 3 is 2.67 bits per heavy atom. The summed E-state index contributed by atoms with van der Waals surface area (Å²) in [6.45, 7) is 12.0. The SMILES string of the molecule is CCC1CNC(CC(C)C)CN1Cc1c(C)nn(C)c1Cl. The van der Waals surface area contributed by atoms with Crippen molar-refractivity contribution in [1.29, 1.82) is 0 Å². The predicted molar refractivity (Wildman–Crippen MR) is 88.7 cm³/mol. The lowest BCUT2D eigenvalue weighted by atomic mass is 9.98. The van der Waals surface area contributed by atoms with Gasteiger partial charge in [0.25, 0.3) is 0 Å². The van der Waals surface area contributed by atoms with Crippen LogP contribution in [0.1, 0.15) is 44.9 Å². The quantitative estimate of drug-likeness (QED) is 0.907. The number of halogens is 1. The Morgan fingerprint density at radius 1 is 1.43 bits per heavy atom. The van der Waals surface area contributed by atoms with Gasteiger partial charge in [0.1, 0.15) is 5.15 Å². The zero-order valence-electron chi connectivity index (χ0n) is 14.0. The molecule has 1 fully saturated rings. The molecule has 5 heteroatoms. The Kier molecular flexibility index (Phi) is 5.69. The molecule has 1 saturated heterocycles. The fourth-order valence-electron chi connectivity index (χ4n) is 3.31. The fourth-order valence-corrected chi connectivity index (χ4v) is 3.54. The second-order valence-electron chi connectivity index (χ2n) is 6.70. The Balaban J connectivity index is 2.10. The molecule has 1 aliphatic heterocycles. The first-order chi connectivity index (χ1) is 9.92. The van der Waals surface area contributed by atoms with E-state index >= 15 is 0 Å². The number of nitrogens with one attached hydrogen (secondary N) is 1. The van der Waals surface area contributed by atoms with E-state index in [-0.39, 0.29) is 0 Å². The van der Waals surface area contributed by atoms with Crippen molar-refractivity contribution in [2.24, 2.45) is 13.0 Å². The third kappa shape index (κ3) is 3.99. The lowest BCUT2D eigenvalue weighted by molar-refractivity contribution is 0.111. The summed E-state index contributed by atoms with van der Waals surface area (Å²) in [5, 5.41) is 8.92. The highest BCUT2D eigenvalue weighted by Crippen LogP contribution is 2.24. The Morgan fingerprint density at radius 2 is 2.14 bits per heavy atom. The number of nitrogens with zero attached hydrogens (tertiary/aromatic N) is 3. The average Bonchev–Trinajstić information content (AvgIpc) is 2.65. The lowest BCUT2D eigenvalue weighted by Crippen LogP contribution is -2.56. The number of hydrogen-bond acceptors (Lipinski definition) is 3. The average molecular weight is 313 g/mol. The van der Waals surface area contributed by atoms with E-state index < -0.39 is 0 Å². The minimum absolute atomic E-state index is 0.587. The van der Waals surface area contributed by atoms with Gasteiger partial charge in [-0.1, -0.05) is 32.4 Å². The minimum Gasteiger partial charge on any atom is -0.311 e. The Labute approximate surface area is 133 Å². The van der Waals surface area contributed by atoms with Gasteiger partial charge in [-0.25, -0.2) is 0 Å². The molecule has 1 aliphatic rings. The summed E-state index contributed by atoms with van der Waals surface area (Å²) in [5.74, 6) is 0.728. The van der Waals surface area contributed by atoms with Crippen LogP contribution in [0.25, 0.3) is 0 Å². The predicted octanol–water partition coefficient (Wildman–Crippen LogP) is 2.98. The summed E-state index contributed by atoms with van der Waals surface area (Å²) in [7, 11) is 1.91. The van der Waals surface area contributed by atoms with Crippen LogP contribution in [0, 0.1) is 12.8 Å². The molecule has 0 bridgehead atoms. The minimum atomic E-state index is 0.587. The first-order valence-electron chi connectivity index (χ1n) is 8.07. The highest BCUT2D eigenvalue weighted by Gasteiger charge is 2.28. The molecule has 0 amide bonds. The second kappa shape index (κ2) is 7.12. The standard InChI is InChI=1S/C16H29ClN4/c1-6-14-8-18-13(7-11(2)3)9-21(14)10-15-12(4)19-20(5)16(15)17/h11,13-14,18H,6-10H2,1-5H3. The molecule has 120 valence electrons. The first kappa shape index (κ1) is 16.8. The van der Waals surface area contributed by atoms with Gasteiger partial charge in [0.15, 0.2) is 0 Å². The summed E-state index contributed by atoms with van der Waals surface area (Å²) in [5.41, 5.74) is 2.24. The molecule has 0 spiro atoms. The number of aromatic nitrogens is 2. The monoisotopic (exact) mass is 312 g/mol. The van der Waals surface area contributed by atoms with E-state index in [0.29, 0.717) is 12.1 Å². The maximum Gasteiger partial charge on any atom is 0.131 e. The van der Waals surface area contributed by atoms with E-state index in [0.717, 1.165) is 36.4 Å². The summed E-state index contributed by atoms with van der Waals surface area (Å²) in [4.78, 5) is 2.58. The molecule has 0 radical (unpaired) electrons. The van der Waals surface area contributed by atoms with E-state index in [1.165, 1.54) is 18.4 Å². The van der Waals surface area contributed by atoms with Crippen LogP contribution in [0.3, 0.4) is 0 Å². The molecule has 1 N–H and O–H groups in total. The van der Waals surface area contributed by atoms with Crippen LogP contribution in [0.2, 0.25) is 5.15 Å². The van der Waals surface area contributed by atoms with Crippen molar-refractivity contribution in [3.05, 3.63) is 16.4 Å². The van der Waals surface area contributed by atoms with Crippen molar-refractivity contribution < 1.29 is 0 Å². The molecule has 2 heterocycles. The van der Waals surface area contributed by atoms with Crippen molar-refractivity contribution in [1.82, 2.24) is 20.0 Å². The normalized spacial score (nSPS) is 24.0. The molecular weight excluding hydrogens is 284 g/mol.